The second kappa shape index (κ2) is 6.68. The highest BCUT2D eigenvalue weighted by Gasteiger charge is 2.07. The Morgan fingerprint density at radius 1 is 1.14 bits per heavy atom. The SMILES string of the molecule is CC(C)c1ccc(/C=C(/C#N)c2ccc([N+](=O)[O-])cc2)cc1. The number of nitrogens with zero attached hydrogens (tertiary/aromatic N) is 2. The van der Waals surface area contributed by atoms with Gasteiger partial charge in [-0.25, -0.2) is 0 Å². The van der Waals surface area contributed by atoms with E-state index in [-0.39, 0.29) is 5.69 Å². The molecule has 0 amide bonds. The molecule has 22 heavy (non-hydrogen) atoms. The molecule has 2 aromatic carbocycles. The summed E-state index contributed by atoms with van der Waals surface area (Å²) in [6.45, 7) is 4.25. The Kier molecular flexibility index (Phi) is 4.70. The Balaban J connectivity index is 2.31. The molecule has 0 fully saturated rings. The van der Waals surface area contributed by atoms with Gasteiger partial charge in [0.1, 0.15) is 0 Å². The predicted octanol–water partition coefficient (Wildman–Crippen LogP) is 4.78. The summed E-state index contributed by atoms with van der Waals surface area (Å²) >= 11 is 0. The van der Waals surface area contributed by atoms with Crippen LogP contribution >= 0.6 is 0 Å². The molecule has 4 nitrogen and oxygen atoms in total. The van der Waals surface area contributed by atoms with Crippen LogP contribution in [-0.4, -0.2) is 4.92 Å². The number of nitro groups is 1. The minimum Gasteiger partial charge on any atom is -0.258 e. The normalized spacial score (nSPS) is 11.3. The molecule has 0 aromatic heterocycles. The number of allylic oxidation sites excluding steroid dienone is 1. The molecule has 2 rings (SSSR count). The van der Waals surface area contributed by atoms with E-state index in [9.17, 15) is 15.4 Å². The maximum absolute atomic E-state index is 10.7. The molecule has 110 valence electrons. The molecule has 0 bridgehead atoms. The number of benzene rings is 2. The standard InChI is InChI=1S/C18H16N2O2/c1-13(2)15-5-3-14(4-6-15)11-17(12-19)16-7-9-18(10-8-16)20(21)22/h3-11,13H,1-2H3/b17-11-. The molecular weight excluding hydrogens is 276 g/mol. The predicted molar refractivity (Wildman–Crippen MR) is 87.1 cm³/mol. The van der Waals surface area contributed by atoms with Crippen molar-refractivity contribution in [3.63, 3.8) is 0 Å². The maximum atomic E-state index is 10.7. The molecule has 0 radical (unpaired) electrons. The average Bonchev–Trinajstić information content (AvgIpc) is 2.53. The van der Waals surface area contributed by atoms with Crippen LogP contribution < -0.4 is 0 Å². The van der Waals surface area contributed by atoms with E-state index in [2.05, 4.69) is 19.9 Å². The first-order valence-electron chi connectivity index (χ1n) is 6.98. The molecular formula is C18H16N2O2. The van der Waals surface area contributed by atoms with Gasteiger partial charge in [0.05, 0.1) is 16.6 Å². The van der Waals surface area contributed by atoms with E-state index < -0.39 is 4.92 Å². The van der Waals surface area contributed by atoms with Crippen LogP contribution in [0.1, 0.15) is 36.5 Å². The van der Waals surface area contributed by atoms with Gasteiger partial charge in [-0.1, -0.05) is 38.1 Å². The van der Waals surface area contributed by atoms with Gasteiger partial charge in [-0.05, 0) is 40.8 Å². The fourth-order valence-electron chi connectivity index (χ4n) is 2.09. The van der Waals surface area contributed by atoms with Gasteiger partial charge in [0.25, 0.3) is 5.69 Å². The highest BCUT2D eigenvalue weighted by Crippen LogP contribution is 2.22. The van der Waals surface area contributed by atoms with Crippen molar-refractivity contribution in [2.45, 2.75) is 19.8 Å². The number of nitro benzene ring substituents is 1. The van der Waals surface area contributed by atoms with Gasteiger partial charge in [-0.3, -0.25) is 10.1 Å². The molecule has 0 heterocycles. The van der Waals surface area contributed by atoms with Crippen LogP contribution in [0.4, 0.5) is 5.69 Å². The molecule has 0 N–H and O–H groups in total. The summed E-state index contributed by atoms with van der Waals surface area (Å²) < 4.78 is 0. The summed E-state index contributed by atoms with van der Waals surface area (Å²) in [4.78, 5) is 10.2. The van der Waals surface area contributed by atoms with Crippen LogP contribution in [0, 0.1) is 21.4 Å². The van der Waals surface area contributed by atoms with Gasteiger partial charge in [-0.15, -0.1) is 0 Å². The van der Waals surface area contributed by atoms with Gasteiger partial charge in [0.2, 0.25) is 0 Å². The molecule has 0 unspecified atom stereocenters. The Hall–Kier alpha value is -2.93. The Morgan fingerprint density at radius 3 is 2.18 bits per heavy atom. The maximum Gasteiger partial charge on any atom is 0.269 e. The van der Waals surface area contributed by atoms with Crippen molar-refractivity contribution in [1.29, 1.82) is 5.26 Å². The molecule has 0 atom stereocenters. The summed E-state index contributed by atoms with van der Waals surface area (Å²) in [6, 6.07) is 16.2. The van der Waals surface area contributed by atoms with Crippen molar-refractivity contribution in [3.05, 3.63) is 75.3 Å². The summed E-state index contributed by atoms with van der Waals surface area (Å²) in [5, 5.41) is 20.0. The van der Waals surface area contributed by atoms with Gasteiger partial charge < -0.3 is 0 Å². The lowest BCUT2D eigenvalue weighted by Crippen LogP contribution is -1.89. The zero-order chi connectivity index (χ0) is 16.1. The second-order valence-electron chi connectivity index (χ2n) is 5.30. The van der Waals surface area contributed by atoms with E-state index >= 15 is 0 Å². The minimum atomic E-state index is -0.454. The van der Waals surface area contributed by atoms with Gasteiger partial charge >= 0.3 is 0 Å². The van der Waals surface area contributed by atoms with Gasteiger partial charge in [0, 0.05) is 12.1 Å². The van der Waals surface area contributed by atoms with Crippen molar-refractivity contribution in [1.82, 2.24) is 0 Å². The summed E-state index contributed by atoms with van der Waals surface area (Å²) in [7, 11) is 0. The lowest BCUT2D eigenvalue weighted by atomic mass is 9.99. The summed E-state index contributed by atoms with van der Waals surface area (Å²) in [6.07, 6.45) is 1.78. The molecule has 0 aliphatic rings. The summed E-state index contributed by atoms with van der Waals surface area (Å²) in [5.41, 5.74) is 3.33. The first-order valence-corrected chi connectivity index (χ1v) is 6.98. The van der Waals surface area contributed by atoms with Gasteiger partial charge in [0.15, 0.2) is 0 Å². The Labute approximate surface area is 129 Å². The Morgan fingerprint density at radius 2 is 1.73 bits per heavy atom. The largest absolute Gasteiger partial charge is 0.269 e. The molecule has 2 aromatic rings. The van der Waals surface area contributed by atoms with Crippen molar-refractivity contribution in [2.75, 3.05) is 0 Å². The molecule has 0 aliphatic heterocycles. The monoisotopic (exact) mass is 292 g/mol. The van der Waals surface area contributed by atoms with Crippen molar-refractivity contribution >= 4 is 17.3 Å². The first kappa shape index (κ1) is 15.5. The van der Waals surface area contributed by atoms with E-state index in [4.69, 9.17) is 0 Å². The van der Waals surface area contributed by atoms with E-state index in [1.807, 2.05) is 24.3 Å². The lowest BCUT2D eigenvalue weighted by Gasteiger charge is -2.05. The average molecular weight is 292 g/mol. The number of hydrogen-bond donors (Lipinski definition) is 0. The van der Waals surface area contributed by atoms with Gasteiger partial charge in [-0.2, -0.15) is 5.26 Å². The summed E-state index contributed by atoms with van der Waals surface area (Å²) in [5.74, 6) is 0.461. The number of rotatable bonds is 4. The van der Waals surface area contributed by atoms with Crippen LogP contribution in [0.3, 0.4) is 0 Å². The van der Waals surface area contributed by atoms with E-state index in [0.29, 0.717) is 17.1 Å². The minimum absolute atomic E-state index is 0.0160. The molecule has 0 saturated heterocycles. The third kappa shape index (κ3) is 3.58. The van der Waals surface area contributed by atoms with Crippen LogP contribution in [0.25, 0.3) is 11.6 Å². The van der Waals surface area contributed by atoms with Crippen molar-refractivity contribution in [2.24, 2.45) is 0 Å². The fourth-order valence-corrected chi connectivity index (χ4v) is 2.09. The van der Waals surface area contributed by atoms with Crippen molar-refractivity contribution < 1.29 is 4.92 Å². The van der Waals surface area contributed by atoms with Crippen LogP contribution in [0.15, 0.2) is 48.5 Å². The zero-order valence-corrected chi connectivity index (χ0v) is 12.5. The van der Waals surface area contributed by atoms with E-state index in [1.165, 1.54) is 17.7 Å². The molecule has 0 saturated carbocycles. The molecule has 0 spiro atoms. The third-order valence-corrected chi connectivity index (χ3v) is 3.42. The smallest absolute Gasteiger partial charge is 0.258 e. The third-order valence-electron chi connectivity index (χ3n) is 3.42. The second-order valence-corrected chi connectivity index (χ2v) is 5.30. The van der Waals surface area contributed by atoms with E-state index in [0.717, 1.165) is 5.56 Å². The van der Waals surface area contributed by atoms with Crippen LogP contribution in [0.2, 0.25) is 0 Å². The highest BCUT2D eigenvalue weighted by atomic mass is 16.6. The number of non-ortho nitro benzene ring substituents is 1. The quantitative estimate of drug-likeness (QED) is 0.352. The number of hydrogen-bond acceptors (Lipinski definition) is 3. The molecule has 0 aliphatic carbocycles. The Bertz CT molecular complexity index is 736. The first-order chi connectivity index (χ1) is 10.5. The number of nitriles is 1. The van der Waals surface area contributed by atoms with E-state index in [1.54, 1.807) is 18.2 Å². The zero-order valence-electron chi connectivity index (χ0n) is 12.5. The topological polar surface area (TPSA) is 66.9 Å². The highest BCUT2D eigenvalue weighted by molar-refractivity contribution is 5.89. The lowest BCUT2D eigenvalue weighted by molar-refractivity contribution is -0.384. The van der Waals surface area contributed by atoms with Crippen LogP contribution in [0.5, 0.6) is 0 Å². The fraction of sp³-hybridized carbons (Fsp3) is 0.167. The molecule has 4 heteroatoms. The van der Waals surface area contributed by atoms with Crippen LogP contribution in [-0.2, 0) is 0 Å². The van der Waals surface area contributed by atoms with Crippen molar-refractivity contribution in [3.8, 4) is 6.07 Å².